The second-order valence-corrected chi connectivity index (χ2v) is 4.46. The van der Waals surface area contributed by atoms with Crippen molar-refractivity contribution in [1.82, 2.24) is 9.97 Å². The SMILES string of the molecule is Cc1ncc(C#N)c(N2CCCC(F)(F)CC2)n1. The number of anilines is 1. The molecule has 1 aromatic heterocycles. The molecule has 6 heteroatoms. The smallest absolute Gasteiger partial charge is 0.249 e. The van der Waals surface area contributed by atoms with Crippen LogP contribution in [0.25, 0.3) is 0 Å². The van der Waals surface area contributed by atoms with Crippen LogP contribution < -0.4 is 4.90 Å². The average molecular weight is 252 g/mol. The molecule has 0 bridgehead atoms. The standard InChI is InChI=1S/C12H14F2N4/c1-9-16-8-10(7-15)11(17-9)18-5-2-3-12(13,14)4-6-18/h8H,2-6H2,1H3. The lowest BCUT2D eigenvalue weighted by Gasteiger charge is -2.22. The number of alkyl halides is 2. The van der Waals surface area contributed by atoms with E-state index in [-0.39, 0.29) is 19.4 Å². The zero-order valence-corrected chi connectivity index (χ0v) is 10.2. The van der Waals surface area contributed by atoms with E-state index >= 15 is 0 Å². The van der Waals surface area contributed by atoms with Crippen LogP contribution in [0.3, 0.4) is 0 Å². The van der Waals surface area contributed by atoms with Gasteiger partial charge in [-0.3, -0.25) is 0 Å². The van der Waals surface area contributed by atoms with Gasteiger partial charge in [-0.05, 0) is 13.3 Å². The lowest BCUT2D eigenvalue weighted by molar-refractivity contribution is -0.0102. The molecule has 4 nitrogen and oxygen atoms in total. The van der Waals surface area contributed by atoms with Gasteiger partial charge in [0.2, 0.25) is 5.92 Å². The molecule has 0 aliphatic carbocycles. The first-order valence-electron chi connectivity index (χ1n) is 5.88. The fourth-order valence-electron chi connectivity index (χ4n) is 2.05. The van der Waals surface area contributed by atoms with Crippen molar-refractivity contribution in [3.05, 3.63) is 17.6 Å². The molecule has 0 unspecified atom stereocenters. The molecule has 1 aromatic rings. The van der Waals surface area contributed by atoms with E-state index in [9.17, 15) is 8.78 Å². The molecule has 0 atom stereocenters. The third kappa shape index (κ3) is 2.73. The van der Waals surface area contributed by atoms with E-state index in [0.29, 0.717) is 30.2 Å². The van der Waals surface area contributed by atoms with Gasteiger partial charge in [0.15, 0.2) is 0 Å². The van der Waals surface area contributed by atoms with Crippen molar-refractivity contribution >= 4 is 5.82 Å². The Morgan fingerprint density at radius 2 is 2.17 bits per heavy atom. The summed E-state index contributed by atoms with van der Waals surface area (Å²) in [7, 11) is 0. The van der Waals surface area contributed by atoms with Crippen LogP contribution in [0.1, 0.15) is 30.7 Å². The van der Waals surface area contributed by atoms with Gasteiger partial charge in [-0.15, -0.1) is 0 Å². The molecule has 2 rings (SSSR count). The second-order valence-electron chi connectivity index (χ2n) is 4.46. The Morgan fingerprint density at radius 1 is 1.39 bits per heavy atom. The third-order valence-corrected chi connectivity index (χ3v) is 3.03. The highest BCUT2D eigenvalue weighted by molar-refractivity contribution is 5.52. The average Bonchev–Trinajstić information content (AvgIpc) is 2.50. The number of halogens is 2. The van der Waals surface area contributed by atoms with Crippen LogP contribution in [0.15, 0.2) is 6.20 Å². The first kappa shape index (κ1) is 12.7. The number of aryl methyl sites for hydroxylation is 1. The third-order valence-electron chi connectivity index (χ3n) is 3.03. The first-order valence-corrected chi connectivity index (χ1v) is 5.88. The Bertz CT molecular complexity index is 481. The minimum Gasteiger partial charge on any atom is -0.355 e. The molecule has 0 amide bonds. The summed E-state index contributed by atoms with van der Waals surface area (Å²) in [6, 6.07) is 2.01. The molecule has 1 fully saturated rings. The summed E-state index contributed by atoms with van der Waals surface area (Å²) in [5, 5.41) is 9.01. The highest BCUT2D eigenvalue weighted by Gasteiger charge is 2.32. The van der Waals surface area contributed by atoms with E-state index in [4.69, 9.17) is 5.26 Å². The van der Waals surface area contributed by atoms with Gasteiger partial charge in [0.1, 0.15) is 23.3 Å². The van der Waals surface area contributed by atoms with Crippen LogP contribution in [-0.2, 0) is 0 Å². The van der Waals surface area contributed by atoms with Crippen LogP contribution in [0.5, 0.6) is 0 Å². The van der Waals surface area contributed by atoms with Crippen LogP contribution in [0, 0.1) is 18.3 Å². The van der Waals surface area contributed by atoms with Crippen molar-refractivity contribution in [3.8, 4) is 6.07 Å². The molecule has 1 saturated heterocycles. The molecule has 1 aliphatic rings. The van der Waals surface area contributed by atoms with E-state index in [0.717, 1.165) is 0 Å². The molecular formula is C12H14F2N4. The lowest BCUT2D eigenvalue weighted by atomic mass is 10.1. The fourth-order valence-corrected chi connectivity index (χ4v) is 2.05. The molecule has 0 aromatic carbocycles. The van der Waals surface area contributed by atoms with E-state index in [1.807, 2.05) is 6.07 Å². The summed E-state index contributed by atoms with van der Waals surface area (Å²) in [5.41, 5.74) is 0.339. The summed E-state index contributed by atoms with van der Waals surface area (Å²) in [5.74, 6) is -1.59. The van der Waals surface area contributed by atoms with Gasteiger partial charge in [-0.2, -0.15) is 5.26 Å². The highest BCUT2D eigenvalue weighted by Crippen LogP contribution is 2.30. The van der Waals surface area contributed by atoms with Crippen molar-refractivity contribution in [2.24, 2.45) is 0 Å². The largest absolute Gasteiger partial charge is 0.355 e. The summed E-state index contributed by atoms with van der Waals surface area (Å²) in [4.78, 5) is 9.91. The van der Waals surface area contributed by atoms with Gasteiger partial charge in [0, 0.05) is 25.9 Å². The first-order chi connectivity index (χ1) is 8.52. The zero-order valence-electron chi connectivity index (χ0n) is 10.2. The highest BCUT2D eigenvalue weighted by atomic mass is 19.3. The van der Waals surface area contributed by atoms with E-state index in [1.165, 1.54) is 6.20 Å². The number of aromatic nitrogens is 2. The van der Waals surface area contributed by atoms with E-state index in [2.05, 4.69) is 9.97 Å². The summed E-state index contributed by atoms with van der Waals surface area (Å²) < 4.78 is 26.6. The zero-order chi connectivity index (χ0) is 13.2. The van der Waals surface area contributed by atoms with Gasteiger partial charge in [0.25, 0.3) is 0 Å². The predicted molar refractivity (Wildman–Crippen MR) is 62.5 cm³/mol. The number of hydrogen-bond donors (Lipinski definition) is 0. The number of hydrogen-bond acceptors (Lipinski definition) is 4. The topological polar surface area (TPSA) is 52.8 Å². The van der Waals surface area contributed by atoms with Gasteiger partial charge in [-0.25, -0.2) is 18.7 Å². The molecule has 2 heterocycles. The molecule has 0 N–H and O–H groups in total. The maximum Gasteiger partial charge on any atom is 0.249 e. The van der Waals surface area contributed by atoms with Crippen LogP contribution in [0.4, 0.5) is 14.6 Å². The van der Waals surface area contributed by atoms with E-state index in [1.54, 1.807) is 11.8 Å². The van der Waals surface area contributed by atoms with Gasteiger partial charge in [0.05, 0.1) is 6.20 Å². The molecule has 0 saturated carbocycles. The van der Waals surface area contributed by atoms with Crippen molar-refractivity contribution in [2.75, 3.05) is 18.0 Å². The molecular weight excluding hydrogens is 238 g/mol. The minimum atomic E-state index is -2.61. The van der Waals surface area contributed by atoms with Crippen molar-refractivity contribution in [3.63, 3.8) is 0 Å². The molecule has 96 valence electrons. The van der Waals surface area contributed by atoms with Crippen molar-refractivity contribution in [1.29, 1.82) is 5.26 Å². The summed E-state index contributed by atoms with van der Waals surface area (Å²) in [6.07, 6.45) is 1.55. The van der Waals surface area contributed by atoms with Crippen molar-refractivity contribution < 1.29 is 8.78 Å². The minimum absolute atomic E-state index is 0.102. The van der Waals surface area contributed by atoms with Gasteiger partial charge < -0.3 is 4.90 Å². The maximum absolute atomic E-state index is 13.3. The summed E-state index contributed by atoms with van der Waals surface area (Å²) >= 11 is 0. The Hall–Kier alpha value is -1.77. The Kier molecular flexibility index (Phi) is 3.41. The summed E-state index contributed by atoms with van der Waals surface area (Å²) in [6.45, 7) is 2.44. The molecule has 1 aliphatic heterocycles. The monoisotopic (exact) mass is 252 g/mol. The number of nitrogens with zero attached hydrogens (tertiary/aromatic N) is 4. The fraction of sp³-hybridized carbons (Fsp3) is 0.583. The normalized spacial score (nSPS) is 19.1. The lowest BCUT2D eigenvalue weighted by Crippen LogP contribution is -2.27. The Balaban J connectivity index is 2.26. The molecule has 0 spiro atoms. The van der Waals surface area contributed by atoms with Crippen molar-refractivity contribution in [2.45, 2.75) is 32.1 Å². The number of rotatable bonds is 1. The van der Waals surface area contributed by atoms with Gasteiger partial charge >= 0.3 is 0 Å². The van der Waals surface area contributed by atoms with E-state index < -0.39 is 5.92 Å². The maximum atomic E-state index is 13.3. The number of nitriles is 1. The van der Waals surface area contributed by atoms with Crippen LogP contribution in [0.2, 0.25) is 0 Å². The van der Waals surface area contributed by atoms with Crippen LogP contribution >= 0.6 is 0 Å². The quantitative estimate of drug-likeness (QED) is 0.769. The Morgan fingerprint density at radius 3 is 2.89 bits per heavy atom. The molecule has 18 heavy (non-hydrogen) atoms. The van der Waals surface area contributed by atoms with Crippen LogP contribution in [-0.4, -0.2) is 29.0 Å². The predicted octanol–water partition coefficient (Wildman–Crippen LogP) is 2.28. The molecule has 0 radical (unpaired) electrons. The second kappa shape index (κ2) is 4.84. The Labute approximate surface area is 104 Å². The van der Waals surface area contributed by atoms with Gasteiger partial charge in [-0.1, -0.05) is 0 Å².